The Kier molecular flexibility index (Phi) is 7.80. The van der Waals surface area contributed by atoms with Gasteiger partial charge in [-0.1, -0.05) is 13.8 Å². The van der Waals surface area contributed by atoms with Crippen LogP contribution in [0.15, 0.2) is 16.9 Å². The van der Waals surface area contributed by atoms with E-state index in [0.717, 1.165) is 37.5 Å². The van der Waals surface area contributed by atoms with Crippen LogP contribution < -0.4 is 5.73 Å². The van der Waals surface area contributed by atoms with E-state index >= 15 is 0 Å². The number of hydrogen-bond donors (Lipinski definition) is 1. The van der Waals surface area contributed by atoms with Crippen molar-refractivity contribution in [3.8, 4) is 6.07 Å². The third-order valence-corrected chi connectivity index (χ3v) is 10.7. The molecule has 0 aliphatic heterocycles. The summed E-state index contributed by atoms with van der Waals surface area (Å²) in [5, 5.41) is 15.2. The predicted molar refractivity (Wildman–Crippen MR) is 139 cm³/mol. The number of rotatable bonds is 8. The van der Waals surface area contributed by atoms with E-state index in [9.17, 15) is 0 Å². The van der Waals surface area contributed by atoms with Crippen molar-refractivity contribution in [1.82, 2.24) is 5.01 Å². The summed E-state index contributed by atoms with van der Waals surface area (Å²) in [5.41, 5.74) is 8.34. The predicted octanol–water partition coefficient (Wildman–Crippen LogP) is 5.97. The van der Waals surface area contributed by atoms with E-state index in [-0.39, 0.29) is 5.54 Å². The molecule has 0 aromatic carbocycles. The van der Waals surface area contributed by atoms with Crippen LogP contribution in [0.3, 0.4) is 0 Å². The van der Waals surface area contributed by atoms with E-state index in [0.29, 0.717) is 34.7 Å². The lowest BCUT2D eigenvalue weighted by atomic mass is 9.47. The molecule has 4 aliphatic carbocycles. The van der Waals surface area contributed by atoms with Gasteiger partial charge in [0.15, 0.2) is 0 Å². The number of hydrazone groups is 1. The van der Waals surface area contributed by atoms with E-state index in [1.807, 2.05) is 18.1 Å². The fourth-order valence-corrected chi connectivity index (χ4v) is 9.32. The van der Waals surface area contributed by atoms with E-state index in [2.05, 4.69) is 38.7 Å². The Labute approximate surface area is 208 Å². The van der Waals surface area contributed by atoms with Crippen LogP contribution in [0.1, 0.15) is 85.5 Å². The van der Waals surface area contributed by atoms with Crippen LogP contribution in [0.2, 0.25) is 0 Å². The Morgan fingerprint density at radius 3 is 2.62 bits per heavy atom. The standard InChI is InChI=1S/C29H48N4O/c1-6-34-19-22-7-8-27-24-11-13-28(4)25(21(3)18-33(32-5)17-20(2)16-30)9-10-26(28)23(24)12-14-29(27,31)15-22/h17,21-27H,5-15,18-19,31H2,1-4H3/b20-17+/t21-,22?,23?,24?,25?,26?,27?,28?,29?/m1/s1. The summed E-state index contributed by atoms with van der Waals surface area (Å²) in [7, 11) is 0. The summed E-state index contributed by atoms with van der Waals surface area (Å²) in [4.78, 5) is 0. The zero-order chi connectivity index (χ0) is 24.5. The van der Waals surface area contributed by atoms with Gasteiger partial charge in [-0.05, 0) is 118 Å². The molecule has 0 heterocycles. The lowest BCUT2D eigenvalue weighted by Gasteiger charge is -2.60. The van der Waals surface area contributed by atoms with Gasteiger partial charge in [0.2, 0.25) is 0 Å². The molecule has 5 nitrogen and oxygen atoms in total. The van der Waals surface area contributed by atoms with Crippen LogP contribution in [0, 0.1) is 58.2 Å². The molecule has 4 rings (SSSR count). The van der Waals surface area contributed by atoms with Crippen molar-refractivity contribution >= 4 is 6.72 Å². The number of nitrogens with zero attached hydrogens (tertiary/aromatic N) is 3. The molecular weight excluding hydrogens is 420 g/mol. The number of nitriles is 1. The molecule has 0 amide bonds. The fraction of sp³-hybridized carbons (Fsp3) is 0.862. The molecule has 4 saturated carbocycles. The number of ether oxygens (including phenoxy) is 1. The number of fused-ring (bicyclic) bond motifs is 5. The topological polar surface area (TPSA) is 74.6 Å². The SMILES string of the molecule is C=NN(/C=C(\C)C#N)C[C@@H](C)C1CCC2C3CCC4(N)CC(COCC)CCC4C3CCC21C. The van der Waals surface area contributed by atoms with Crippen LogP contribution in [0.4, 0.5) is 0 Å². The van der Waals surface area contributed by atoms with E-state index in [1.165, 1.54) is 57.8 Å². The first kappa shape index (κ1) is 25.7. The lowest BCUT2D eigenvalue weighted by molar-refractivity contribution is -0.0875. The summed E-state index contributed by atoms with van der Waals surface area (Å²) in [6.45, 7) is 15.2. The maximum atomic E-state index is 9.16. The van der Waals surface area contributed by atoms with Gasteiger partial charge in [0.05, 0.1) is 6.07 Å². The van der Waals surface area contributed by atoms with Crippen molar-refractivity contribution in [2.24, 2.45) is 57.7 Å². The second-order valence-electron chi connectivity index (χ2n) is 12.5. The first-order chi connectivity index (χ1) is 16.3. The van der Waals surface area contributed by atoms with E-state index in [1.54, 1.807) is 0 Å². The Morgan fingerprint density at radius 2 is 1.91 bits per heavy atom. The summed E-state index contributed by atoms with van der Waals surface area (Å²) >= 11 is 0. The molecule has 0 saturated heterocycles. The Balaban J connectivity index is 1.44. The zero-order valence-corrected chi connectivity index (χ0v) is 22.1. The third kappa shape index (κ3) is 4.70. The fourth-order valence-electron chi connectivity index (χ4n) is 9.32. The van der Waals surface area contributed by atoms with Crippen LogP contribution in [0.5, 0.6) is 0 Å². The molecule has 0 radical (unpaired) electrons. The molecule has 4 aliphatic rings. The maximum Gasteiger partial charge on any atom is 0.0960 e. The summed E-state index contributed by atoms with van der Waals surface area (Å²) < 4.78 is 5.78. The smallest absolute Gasteiger partial charge is 0.0960 e. The molecule has 0 aromatic rings. The van der Waals surface area contributed by atoms with Crippen LogP contribution in [0.25, 0.3) is 0 Å². The molecule has 34 heavy (non-hydrogen) atoms. The van der Waals surface area contributed by atoms with Crippen LogP contribution in [-0.4, -0.2) is 37.0 Å². The normalized spacial score (nSPS) is 42.6. The van der Waals surface area contributed by atoms with Gasteiger partial charge in [0.1, 0.15) is 0 Å². The molecule has 5 heteroatoms. The average molecular weight is 469 g/mol. The number of allylic oxidation sites excluding steroid dienone is 1. The Morgan fingerprint density at radius 1 is 1.21 bits per heavy atom. The van der Waals surface area contributed by atoms with Gasteiger partial charge in [0, 0.05) is 43.8 Å². The Hall–Kier alpha value is -1.38. The average Bonchev–Trinajstić information content (AvgIpc) is 3.18. The summed E-state index contributed by atoms with van der Waals surface area (Å²) in [6, 6.07) is 2.21. The minimum atomic E-state index is 0.0429. The first-order valence-corrected chi connectivity index (χ1v) is 13.9. The molecule has 190 valence electrons. The van der Waals surface area contributed by atoms with Gasteiger partial charge >= 0.3 is 0 Å². The molecular formula is C29H48N4O. The van der Waals surface area contributed by atoms with Gasteiger partial charge in [-0.25, -0.2) is 0 Å². The van der Waals surface area contributed by atoms with Gasteiger partial charge in [-0.2, -0.15) is 10.4 Å². The van der Waals surface area contributed by atoms with Crippen LogP contribution in [-0.2, 0) is 4.74 Å². The monoisotopic (exact) mass is 468 g/mol. The summed E-state index contributed by atoms with van der Waals surface area (Å²) in [5.74, 6) is 5.14. The van der Waals surface area contributed by atoms with Gasteiger partial charge in [0.25, 0.3) is 0 Å². The zero-order valence-electron chi connectivity index (χ0n) is 22.1. The largest absolute Gasteiger partial charge is 0.381 e. The van der Waals surface area contributed by atoms with Crippen molar-refractivity contribution < 1.29 is 4.74 Å². The molecule has 2 N–H and O–H groups in total. The van der Waals surface area contributed by atoms with Crippen molar-refractivity contribution in [2.45, 2.75) is 91.0 Å². The minimum Gasteiger partial charge on any atom is -0.381 e. The van der Waals surface area contributed by atoms with Crippen molar-refractivity contribution in [3.05, 3.63) is 11.8 Å². The van der Waals surface area contributed by atoms with E-state index < -0.39 is 0 Å². The summed E-state index contributed by atoms with van der Waals surface area (Å²) in [6.07, 6.45) is 13.6. The van der Waals surface area contributed by atoms with Crippen molar-refractivity contribution in [2.75, 3.05) is 19.8 Å². The highest BCUT2D eigenvalue weighted by molar-refractivity contribution is 5.24. The van der Waals surface area contributed by atoms with Crippen molar-refractivity contribution in [3.63, 3.8) is 0 Å². The quantitative estimate of drug-likeness (QED) is 0.270. The molecule has 0 aromatic heterocycles. The highest BCUT2D eigenvalue weighted by Crippen LogP contribution is 2.65. The molecule has 4 fully saturated rings. The highest BCUT2D eigenvalue weighted by atomic mass is 16.5. The molecule has 8 unspecified atom stereocenters. The van der Waals surface area contributed by atoms with Crippen LogP contribution >= 0.6 is 0 Å². The number of hydrogen-bond acceptors (Lipinski definition) is 5. The molecule has 9 atom stereocenters. The lowest BCUT2D eigenvalue weighted by Crippen LogP contribution is -2.61. The van der Waals surface area contributed by atoms with Crippen molar-refractivity contribution in [1.29, 1.82) is 5.26 Å². The van der Waals surface area contributed by atoms with Gasteiger partial charge in [-0.3, -0.25) is 5.01 Å². The van der Waals surface area contributed by atoms with Gasteiger partial charge < -0.3 is 10.5 Å². The molecule has 0 spiro atoms. The first-order valence-electron chi connectivity index (χ1n) is 13.9. The van der Waals surface area contributed by atoms with Gasteiger partial charge in [-0.15, -0.1) is 0 Å². The third-order valence-electron chi connectivity index (χ3n) is 10.7. The highest BCUT2D eigenvalue weighted by Gasteiger charge is 2.59. The second kappa shape index (κ2) is 10.3. The second-order valence-corrected chi connectivity index (χ2v) is 12.5. The molecule has 0 bridgehead atoms. The Bertz CT molecular complexity index is 804. The number of nitrogens with two attached hydrogens (primary N) is 1. The van der Waals surface area contributed by atoms with E-state index in [4.69, 9.17) is 15.7 Å². The minimum absolute atomic E-state index is 0.0429. The maximum absolute atomic E-state index is 9.16.